The zero-order chi connectivity index (χ0) is 15.6. The van der Waals surface area contributed by atoms with Crippen LogP contribution in [0.4, 0.5) is 11.4 Å². The molecule has 2 rings (SSSR count). The van der Waals surface area contributed by atoms with Crippen LogP contribution in [0, 0.1) is 5.41 Å². The molecular formula is C15H18N2O4. The molecule has 112 valence electrons. The highest BCUT2D eigenvalue weighted by Crippen LogP contribution is 2.26. The predicted octanol–water partition coefficient (Wildman–Crippen LogP) is 2.01. The summed E-state index contributed by atoms with van der Waals surface area (Å²) in [6, 6.07) is 5.24. The number of carbonyl (C=O) groups is 3. The van der Waals surface area contributed by atoms with Gasteiger partial charge in [-0.3, -0.25) is 14.4 Å². The molecule has 0 bridgehead atoms. The van der Waals surface area contributed by atoms with Crippen LogP contribution in [0.2, 0.25) is 0 Å². The second kappa shape index (κ2) is 5.55. The van der Waals surface area contributed by atoms with Crippen molar-refractivity contribution < 1.29 is 19.5 Å². The van der Waals surface area contributed by atoms with Gasteiger partial charge in [0, 0.05) is 24.2 Å². The normalized spacial score (nSPS) is 14.1. The molecular weight excluding hydrogens is 272 g/mol. The maximum absolute atomic E-state index is 11.9. The van der Waals surface area contributed by atoms with E-state index in [0.29, 0.717) is 18.5 Å². The van der Waals surface area contributed by atoms with Gasteiger partial charge < -0.3 is 15.7 Å². The summed E-state index contributed by atoms with van der Waals surface area (Å²) >= 11 is 0. The Hall–Kier alpha value is -2.37. The number of benzene rings is 1. The molecule has 21 heavy (non-hydrogen) atoms. The SMILES string of the molecule is CC(C)(CC(=O)Nc1ccc2c(c1)CCC(=O)N2)C(=O)O. The number of fused-ring (bicyclic) bond motifs is 1. The number of hydrogen-bond donors (Lipinski definition) is 3. The number of hydrogen-bond acceptors (Lipinski definition) is 3. The molecule has 0 radical (unpaired) electrons. The summed E-state index contributed by atoms with van der Waals surface area (Å²) < 4.78 is 0. The summed E-state index contributed by atoms with van der Waals surface area (Å²) in [4.78, 5) is 34.2. The van der Waals surface area contributed by atoms with Crippen molar-refractivity contribution in [1.82, 2.24) is 0 Å². The van der Waals surface area contributed by atoms with Gasteiger partial charge in [-0.2, -0.15) is 0 Å². The summed E-state index contributed by atoms with van der Waals surface area (Å²) in [5.41, 5.74) is 1.22. The molecule has 0 spiro atoms. The molecule has 0 saturated carbocycles. The van der Waals surface area contributed by atoms with Gasteiger partial charge in [0.25, 0.3) is 0 Å². The van der Waals surface area contributed by atoms with Gasteiger partial charge in [-0.25, -0.2) is 0 Å². The van der Waals surface area contributed by atoms with Crippen LogP contribution in [0.15, 0.2) is 18.2 Å². The summed E-state index contributed by atoms with van der Waals surface area (Å²) in [5.74, 6) is -1.37. The van der Waals surface area contributed by atoms with E-state index in [4.69, 9.17) is 5.11 Å². The zero-order valence-electron chi connectivity index (χ0n) is 12.0. The first-order chi connectivity index (χ1) is 9.78. The van der Waals surface area contributed by atoms with E-state index in [0.717, 1.165) is 11.3 Å². The highest BCUT2D eigenvalue weighted by Gasteiger charge is 2.30. The van der Waals surface area contributed by atoms with Crippen LogP contribution < -0.4 is 10.6 Å². The molecule has 1 aliphatic rings. The quantitative estimate of drug-likeness (QED) is 0.790. The summed E-state index contributed by atoms with van der Waals surface area (Å²) in [5, 5.41) is 14.5. The fraction of sp³-hybridized carbons (Fsp3) is 0.400. The average Bonchev–Trinajstić information content (AvgIpc) is 2.38. The van der Waals surface area contributed by atoms with E-state index in [1.165, 1.54) is 13.8 Å². The number of carboxylic acid groups (broad SMARTS) is 1. The van der Waals surface area contributed by atoms with Crippen LogP contribution in [0.5, 0.6) is 0 Å². The Morgan fingerprint density at radius 1 is 1.33 bits per heavy atom. The third-order valence-electron chi connectivity index (χ3n) is 3.47. The van der Waals surface area contributed by atoms with E-state index in [1.807, 2.05) is 0 Å². The van der Waals surface area contributed by atoms with Crippen molar-refractivity contribution in [3.05, 3.63) is 23.8 Å². The molecule has 0 atom stereocenters. The van der Waals surface area contributed by atoms with Crippen LogP contribution in [0.1, 0.15) is 32.3 Å². The number of aryl methyl sites for hydroxylation is 1. The molecule has 6 heteroatoms. The molecule has 0 unspecified atom stereocenters. The van der Waals surface area contributed by atoms with Gasteiger partial charge in [0.05, 0.1) is 5.41 Å². The number of carbonyl (C=O) groups excluding carboxylic acids is 2. The Balaban J connectivity index is 2.05. The Morgan fingerprint density at radius 2 is 2.05 bits per heavy atom. The average molecular weight is 290 g/mol. The van der Waals surface area contributed by atoms with Gasteiger partial charge in [0.15, 0.2) is 0 Å². The van der Waals surface area contributed by atoms with E-state index in [-0.39, 0.29) is 18.2 Å². The predicted molar refractivity (Wildman–Crippen MR) is 78.1 cm³/mol. The van der Waals surface area contributed by atoms with Gasteiger partial charge in [-0.15, -0.1) is 0 Å². The monoisotopic (exact) mass is 290 g/mol. The summed E-state index contributed by atoms with van der Waals surface area (Å²) in [6.07, 6.45) is 0.956. The Bertz CT molecular complexity index is 608. The smallest absolute Gasteiger partial charge is 0.309 e. The highest BCUT2D eigenvalue weighted by molar-refractivity contribution is 5.96. The second-order valence-electron chi connectivity index (χ2n) is 5.83. The van der Waals surface area contributed by atoms with Gasteiger partial charge >= 0.3 is 5.97 Å². The minimum Gasteiger partial charge on any atom is -0.481 e. The summed E-state index contributed by atoms with van der Waals surface area (Å²) in [7, 11) is 0. The van der Waals surface area contributed by atoms with Crippen LogP contribution in [-0.4, -0.2) is 22.9 Å². The van der Waals surface area contributed by atoms with Crippen LogP contribution in [-0.2, 0) is 20.8 Å². The molecule has 0 aromatic heterocycles. The molecule has 2 amide bonds. The van der Waals surface area contributed by atoms with Crippen molar-refractivity contribution in [3.63, 3.8) is 0 Å². The first kappa shape index (κ1) is 15.0. The van der Waals surface area contributed by atoms with Gasteiger partial charge in [0.1, 0.15) is 0 Å². The van der Waals surface area contributed by atoms with E-state index >= 15 is 0 Å². The van der Waals surface area contributed by atoms with Crippen LogP contribution in [0.25, 0.3) is 0 Å². The minimum absolute atomic E-state index is 0.0116. The van der Waals surface area contributed by atoms with Crippen molar-refractivity contribution in [1.29, 1.82) is 0 Å². The Kier molecular flexibility index (Phi) is 3.97. The van der Waals surface area contributed by atoms with E-state index < -0.39 is 11.4 Å². The molecule has 3 N–H and O–H groups in total. The molecule has 1 heterocycles. The lowest BCUT2D eigenvalue weighted by Gasteiger charge is -2.20. The first-order valence-corrected chi connectivity index (χ1v) is 6.74. The molecule has 6 nitrogen and oxygen atoms in total. The van der Waals surface area contributed by atoms with Crippen molar-refractivity contribution in [2.45, 2.75) is 33.1 Å². The number of aliphatic carboxylic acids is 1. The van der Waals surface area contributed by atoms with Crippen molar-refractivity contribution in [3.8, 4) is 0 Å². The fourth-order valence-corrected chi connectivity index (χ4v) is 2.14. The largest absolute Gasteiger partial charge is 0.481 e. The highest BCUT2D eigenvalue weighted by atomic mass is 16.4. The van der Waals surface area contributed by atoms with E-state index in [1.54, 1.807) is 18.2 Å². The van der Waals surface area contributed by atoms with Crippen molar-refractivity contribution in [2.75, 3.05) is 10.6 Å². The van der Waals surface area contributed by atoms with Crippen molar-refractivity contribution in [2.24, 2.45) is 5.41 Å². The molecule has 1 aromatic carbocycles. The van der Waals surface area contributed by atoms with Gasteiger partial charge in [0.2, 0.25) is 11.8 Å². The Morgan fingerprint density at radius 3 is 2.71 bits per heavy atom. The molecule has 0 saturated heterocycles. The fourth-order valence-electron chi connectivity index (χ4n) is 2.14. The molecule has 1 aliphatic heterocycles. The third-order valence-corrected chi connectivity index (χ3v) is 3.47. The lowest BCUT2D eigenvalue weighted by atomic mass is 9.89. The standard InChI is InChI=1S/C15H18N2O4/c1-15(2,14(20)21)8-13(19)16-10-4-5-11-9(7-10)3-6-12(18)17-11/h4-5,7H,3,6,8H2,1-2H3,(H,16,19)(H,17,18)(H,20,21). The number of anilines is 2. The second-order valence-corrected chi connectivity index (χ2v) is 5.83. The van der Waals surface area contributed by atoms with Crippen LogP contribution >= 0.6 is 0 Å². The maximum atomic E-state index is 11.9. The lowest BCUT2D eigenvalue weighted by molar-refractivity contribution is -0.148. The van der Waals surface area contributed by atoms with Crippen LogP contribution in [0.3, 0.4) is 0 Å². The summed E-state index contributed by atoms with van der Waals surface area (Å²) in [6.45, 7) is 3.02. The number of nitrogens with one attached hydrogen (secondary N) is 2. The number of amides is 2. The minimum atomic E-state index is -1.10. The van der Waals surface area contributed by atoms with Gasteiger partial charge in [-0.05, 0) is 44.0 Å². The van der Waals surface area contributed by atoms with Crippen molar-refractivity contribution >= 4 is 29.2 Å². The maximum Gasteiger partial charge on any atom is 0.309 e. The third kappa shape index (κ3) is 3.59. The molecule has 1 aromatic rings. The molecule has 0 aliphatic carbocycles. The topological polar surface area (TPSA) is 95.5 Å². The van der Waals surface area contributed by atoms with Gasteiger partial charge in [-0.1, -0.05) is 0 Å². The number of rotatable bonds is 4. The molecule has 0 fully saturated rings. The zero-order valence-corrected chi connectivity index (χ0v) is 12.0. The Labute approximate surface area is 122 Å². The lowest BCUT2D eigenvalue weighted by Crippen LogP contribution is -2.29. The number of carboxylic acids is 1. The van der Waals surface area contributed by atoms with E-state index in [9.17, 15) is 14.4 Å². The van der Waals surface area contributed by atoms with E-state index in [2.05, 4.69) is 10.6 Å². The first-order valence-electron chi connectivity index (χ1n) is 6.74.